The van der Waals surface area contributed by atoms with Gasteiger partial charge in [0.1, 0.15) is 11.9 Å². The van der Waals surface area contributed by atoms with Crippen molar-refractivity contribution in [3.8, 4) is 5.75 Å². The van der Waals surface area contributed by atoms with Crippen molar-refractivity contribution in [2.45, 2.75) is 51.9 Å². The molecule has 1 N–H and O–H groups in total. The van der Waals surface area contributed by atoms with E-state index in [1.54, 1.807) is 0 Å². The van der Waals surface area contributed by atoms with Crippen LogP contribution in [-0.4, -0.2) is 36.1 Å². The van der Waals surface area contributed by atoms with Gasteiger partial charge in [-0.15, -0.1) is 0 Å². The fraction of sp³-hybridized carbons (Fsp3) is 0.600. The molecule has 0 saturated carbocycles. The molecule has 1 atom stereocenters. The van der Waals surface area contributed by atoms with E-state index in [0.717, 1.165) is 5.46 Å². The minimum absolute atomic E-state index is 0.0132. The van der Waals surface area contributed by atoms with Gasteiger partial charge in [0.2, 0.25) is 0 Å². The molecule has 0 radical (unpaired) electrons. The van der Waals surface area contributed by atoms with E-state index in [0.29, 0.717) is 5.75 Å². The monoisotopic (exact) mass is 278 g/mol. The summed E-state index contributed by atoms with van der Waals surface area (Å²) < 4.78 is 17.6. The van der Waals surface area contributed by atoms with Crippen molar-refractivity contribution in [2.75, 3.05) is 6.61 Å². The Balaban J connectivity index is 2.17. The largest absolute Gasteiger partial charge is 0.494 e. The lowest BCUT2D eigenvalue weighted by molar-refractivity contribution is 0.00578. The molecule has 0 unspecified atom stereocenters. The number of hydrogen-bond acceptors (Lipinski definition) is 4. The molecule has 0 bridgehead atoms. The minimum atomic E-state index is -0.395. The number of aliphatic hydroxyl groups is 1. The number of hydrogen-bond donors (Lipinski definition) is 1. The lowest BCUT2D eigenvalue weighted by atomic mass is 9.79. The SMILES string of the molecule is C[C@@H](CO)Oc1cccc(B2OC(C)(C)C(C)(C)O2)c1. The maximum Gasteiger partial charge on any atom is 0.494 e. The third kappa shape index (κ3) is 3.00. The van der Waals surface area contributed by atoms with Crippen LogP contribution in [0.4, 0.5) is 0 Å². The van der Waals surface area contributed by atoms with Gasteiger partial charge in [-0.1, -0.05) is 12.1 Å². The molecule has 1 aromatic rings. The summed E-state index contributed by atoms with van der Waals surface area (Å²) in [5.41, 5.74) is 0.214. The van der Waals surface area contributed by atoms with Crippen LogP contribution in [0.25, 0.3) is 0 Å². The van der Waals surface area contributed by atoms with Crippen molar-refractivity contribution in [2.24, 2.45) is 0 Å². The Morgan fingerprint density at radius 2 is 1.80 bits per heavy atom. The van der Waals surface area contributed by atoms with Crippen LogP contribution in [0.15, 0.2) is 24.3 Å². The second kappa shape index (κ2) is 5.39. The molecular formula is C15H23BO4. The first kappa shape index (κ1) is 15.4. The molecule has 0 amide bonds. The zero-order valence-corrected chi connectivity index (χ0v) is 12.8. The van der Waals surface area contributed by atoms with Gasteiger partial charge in [-0.3, -0.25) is 0 Å². The zero-order chi connectivity index (χ0) is 15.0. The summed E-state index contributed by atoms with van der Waals surface area (Å²) in [4.78, 5) is 0. The summed E-state index contributed by atoms with van der Waals surface area (Å²) in [6, 6.07) is 7.62. The molecule has 2 rings (SSSR count). The molecule has 1 aliphatic heterocycles. The van der Waals surface area contributed by atoms with Gasteiger partial charge in [-0.05, 0) is 52.2 Å². The van der Waals surface area contributed by atoms with E-state index in [2.05, 4.69) is 0 Å². The van der Waals surface area contributed by atoms with E-state index in [4.69, 9.17) is 19.2 Å². The average molecular weight is 278 g/mol. The Hall–Kier alpha value is -1.04. The quantitative estimate of drug-likeness (QED) is 0.852. The Labute approximate surface area is 121 Å². The molecule has 110 valence electrons. The molecule has 0 aromatic heterocycles. The van der Waals surface area contributed by atoms with Gasteiger partial charge in [0.05, 0.1) is 17.8 Å². The van der Waals surface area contributed by atoms with Crippen LogP contribution in [0.3, 0.4) is 0 Å². The molecule has 0 aliphatic carbocycles. The molecule has 4 nitrogen and oxygen atoms in total. The van der Waals surface area contributed by atoms with Gasteiger partial charge < -0.3 is 19.2 Å². The molecule has 20 heavy (non-hydrogen) atoms. The highest BCUT2D eigenvalue weighted by atomic mass is 16.7. The Kier molecular flexibility index (Phi) is 4.14. The van der Waals surface area contributed by atoms with Gasteiger partial charge in [0.25, 0.3) is 0 Å². The molecule has 1 aromatic carbocycles. The highest BCUT2D eigenvalue weighted by molar-refractivity contribution is 6.62. The molecule has 5 heteroatoms. The summed E-state index contributed by atoms with van der Waals surface area (Å²) in [7, 11) is -0.395. The van der Waals surface area contributed by atoms with Crippen LogP contribution < -0.4 is 10.2 Å². The first-order valence-corrected chi connectivity index (χ1v) is 6.98. The van der Waals surface area contributed by atoms with Gasteiger partial charge in [-0.2, -0.15) is 0 Å². The number of aliphatic hydroxyl groups excluding tert-OH is 1. The predicted octanol–water partition coefficient (Wildman–Crippen LogP) is 1.75. The van der Waals surface area contributed by atoms with Crippen LogP contribution in [0.5, 0.6) is 5.75 Å². The van der Waals surface area contributed by atoms with Crippen LogP contribution >= 0.6 is 0 Å². The number of benzene rings is 1. The van der Waals surface area contributed by atoms with Crippen LogP contribution in [0, 0.1) is 0 Å². The Morgan fingerprint density at radius 3 is 2.35 bits per heavy atom. The summed E-state index contributed by atoms with van der Waals surface area (Å²) in [6.07, 6.45) is -0.233. The fourth-order valence-corrected chi connectivity index (χ4v) is 1.98. The third-order valence-corrected chi connectivity index (χ3v) is 3.98. The molecule has 1 heterocycles. The smallest absolute Gasteiger partial charge is 0.488 e. The highest BCUT2D eigenvalue weighted by Gasteiger charge is 2.51. The van der Waals surface area contributed by atoms with E-state index in [1.165, 1.54) is 0 Å². The summed E-state index contributed by atoms with van der Waals surface area (Å²) in [5, 5.41) is 9.04. The third-order valence-electron chi connectivity index (χ3n) is 3.98. The lowest BCUT2D eigenvalue weighted by Crippen LogP contribution is -2.41. The van der Waals surface area contributed by atoms with Crippen molar-refractivity contribution < 1.29 is 19.2 Å². The van der Waals surface area contributed by atoms with Crippen LogP contribution in [0.1, 0.15) is 34.6 Å². The first-order valence-electron chi connectivity index (χ1n) is 6.98. The molecule has 0 spiro atoms. The topological polar surface area (TPSA) is 47.9 Å². The van der Waals surface area contributed by atoms with E-state index in [1.807, 2.05) is 58.9 Å². The van der Waals surface area contributed by atoms with Gasteiger partial charge in [0, 0.05) is 0 Å². The fourth-order valence-electron chi connectivity index (χ4n) is 1.98. The van der Waals surface area contributed by atoms with Gasteiger partial charge in [-0.25, -0.2) is 0 Å². The molecular weight excluding hydrogens is 255 g/mol. The summed E-state index contributed by atoms with van der Waals surface area (Å²) in [6.45, 7) is 9.92. The second-order valence-electron chi connectivity index (χ2n) is 6.27. The highest BCUT2D eigenvalue weighted by Crippen LogP contribution is 2.36. The molecule has 1 aliphatic rings. The van der Waals surface area contributed by atoms with Gasteiger partial charge >= 0.3 is 7.12 Å². The van der Waals surface area contributed by atoms with Crippen molar-refractivity contribution in [3.05, 3.63) is 24.3 Å². The zero-order valence-electron chi connectivity index (χ0n) is 12.8. The van der Waals surface area contributed by atoms with Crippen molar-refractivity contribution >= 4 is 12.6 Å². The Morgan fingerprint density at radius 1 is 1.20 bits per heavy atom. The maximum absolute atomic E-state index is 9.04. The predicted molar refractivity (Wildman–Crippen MR) is 79.3 cm³/mol. The number of ether oxygens (including phenoxy) is 1. The van der Waals surface area contributed by atoms with E-state index in [-0.39, 0.29) is 23.9 Å². The lowest BCUT2D eigenvalue weighted by Gasteiger charge is -2.32. The van der Waals surface area contributed by atoms with E-state index in [9.17, 15) is 0 Å². The standard InChI is InChI=1S/C15H23BO4/c1-11(10-17)18-13-8-6-7-12(9-13)16-19-14(2,3)15(4,5)20-16/h6-9,11,17H,10H2,1-5H3/t11-/m0/s1. The van der Waals surface area contributed by atoms with Crippen molar-refractivity contribution in [1.82, 2.24) is 0 Å². The maximum atomic E-state index is 9.04. The van der Waals surface area contributed by atoms with Crippen molar-refractivity contribution in [3.63, 3.8) is 0 Å². The normalized spacial score (nSPS) is 21.8. The Bertz CT molecular complexity index is 457. The summed E-state index contributed by atoms with van der Waals surface area (Å²) >= 11 is 0. The van der Waals surface area contributed by atoms with E-state index < -0.39 is 7.12 Å². The van der Waals surface area contributed by atoms with Gasteiger partial charge in [0.15, 0.2) is 0 Å². The van der Waals surface area contributed by atoms with Crippen LogP contribution in [-0.2, 0) is 9.31 Å². The van der Waals surface area contributed by atoms with Crippen molar-refractivity contribution in [1.29, 1.82) is 0 Å². The van der Waals surface area contributed by atoms with E-state index >= 15 is 0 Å². The molecule has 1 fully saturated rings. The average Bonchev–Trinajstić information content (AvgIpc) is 2.59. The minimum Gasteiger partial charge on any atom is -0.488 e. The number of rotatable bonds is 4. The van der Waals surface area contributed by atoms with Crippen LogP contribution in [0.2, 0.25) is 0 Å². The summed E-state index contributed by atoms with van der Waals surface area (Å²) in [5.74, 6) is 0.707. The first-order chi connectivity index (χ1) is 9.25. The second-order valence-corrected chi connectivity index (χ2v) is 6.27. The molecule has 1 saturated heterocycles.